The number of carbonyl (C=O) groups is 2. The molecular formula is C10H10FNO3. The van der Waals surface area contributed by atoms with E-state index in [0.29, 0.717) is 5.56 Å². The first-order valence-electron chi connectivity index (χ1n) is 4.27. The lowest BCUT2D eigenvalue weighted by Gasteiger charge is -2.03. The molecule has 0 aromatic heterocycles. The average Bonchev–Trinajstić information content (AvgIpc) is 2.18. The fourth-order valence-corrected chi connectivity index (χ4v) is 0.992. The number of halogens is 1. The number of aliphatic carboxylic acids is 1. The molecule has 0 unspecified atom stereocenters. The highest BCUT2D eigenvalue weighted by Crippen LogP contribution is 2.08. The summed E-state index contributed by atoms with van der Waals surface area (Å²) in [6, 6.07) is 3.98. The Morgan fingerprint density at radius 3 is 2.67 bits per heavy atom. The zero-order valence-electron chi connectivity index (χ0n) is 8.08. The summed E-state index contributed by atoms with van der Waals surface area (Å²) in [4.78, 5) is 21.4. The van der Waals surface area contributed by atoms with Crippen LogP contribution in [-0.4, -0.2) is 23.5 Å². The number of hydrogen-bond donors (Lipinski definition) is 2. The van der Waals surface area contributed by atoms with E-state index >= 15 is 0 Å². The van der Waals surface area contributed by atoms with Gasteiger partial charge >= 0.3 is 5.97 Å². The van der Waals surface area contributed by atoms with Crippen molar-refractivity contribution in [3.05, 3.63) is 35.1 Å². The minimum Gasteiger partial charge on any atom is -0.480 e. The monoisotopic (exact) mass is 210 g/mol. The van der Waals surface area contributed by atoms with Gasteiger partial charge in [-0.05, 0) is 24.6 Å². The predicted molar refractivity (Wildman–Crippen MR) is 51.1 cm³/mol. The lowest BCUT2D eigenvalue weighted by Crippen LogP contribution is -2.29. The lowest BCUT2D eigenvalue weighted by molar-refractivity contribution is -0.135. The summed E-state index contributed by atoms with van der Waals surface area (Å²) in [6.45, 7) is 1.10. The van der Waals surface area contributed by atoms with Gasteiger partial charge in [-0.15, -0.1) is 0 Å². The molecule has 0 saturated carbocycles. The van der Waals surface area contributed by atoms with Crippen LogP contribution in [0.3, 0.4) is 0 Å². The molecule has 80 valence electrons. The van der Waals surface area contributed by atoms with E-state index in [1.54, 1.807) is 6.92 Å². The molecule has 0 aliphatic rings. The van der Waals surface area contributed by atoms with Gasteiger partial charge in [0.1, 0.15) is 12.4 Å². The maximum Gasteiger partial charge on any atom is 0.322 e. The van der Waals surface area contributed by atoms with E-state index in [1.807, 2.05) is 0 Å². The first-order chi connectivity index (χ1) is 7.00. The summed E-state index contributed by atoms with van der Waals surface area (Å²) in [5.74, 6) is -2.23. The number of rotatable bonds is 3. The molecule has 15 heavy (non-hydrogen) atoms. The summed E-state index contributed by atoms with van der Waals surface area (Å²) in [5.41, 5.74) is 0.545. The minimum absolute atomic E-state index is 0.111. The number of carboxylic acids is 1. The highest BCUT2D eigenvalue weighted by atomic mass is 18.2. The number of hydrogen-bond acceptors (Lipinski definition) is 2. The Bertz CT molecular complexity index is 404. The molecule has 2 N–H and O–H groups in total. The van der Waals surface area contributed by atoms with Crippen molar-refractivity contribution < 1.29 is 19.1 Å². The quantitative estimate of drug-likeness (QED) is 0.780. The van der Waals surface area contributed by atoms with Gasteiger partial charge in [0.25, 0.3) is 5.91 Å². The van der Waals surface area contributed by atoms with Crippen LogP contribution in [0, 0.1) is 12.7 Å². The highest BCUT2D eigenvalue weighted by molar-refractivity contribution is 5.95. The molecule has 1 amide bonds. The molecule has 0 aliphatic carbocycles. The van der Waals surface area contributed by atoms with Crippen molar-refractivity contribution in [2.24, 2.45) is 0 Å². The van der Waals surface area contributed by atoms with Crippen LogP contribution in [0.15, 0.2) is 18.2 Å². The summed E-state index contributed by atoms with van der Waals surface area (Å²) in [7, 11) is 0. The van der Waals surface area contributed by atoms with Crippen LogP contribution in [-0.2, 0) is 4.79 Å². The minimum atomic E-state index is -1.14. The van der Waals surface area contributed by atoms with Crippen molar-refractivity contribution in [3.8, 4) is 0 Å². The standard InChI is InChI=1S/C10H10FNO3/c1-6-2-3-7(4-8(6)11)10(15)12-5-9(13)14/h2-4H,5H2,1H3,(H,12,15)(H,13,14)/i11-1. The topological polar surface area (TPSA) is 66.4 Å². The predicted octanol–water partition coefficient (Wildman–Crippen LogP) is 0.949. The SMILES string of the molecule is Cc1ccc(C(=O)NCC(=O)O)cc1[18F]. The van der Waals surface area contributed by atoms with Gasteiger partial charge in [0, 0.05) is 5.56 Å². The zero-order chi connectivity index (χ0) is 11.4. The molecule has 0 radical (unpaired) electrons. The first-order valence-corrected chi connectivity index (χ1v) is 4.27. The summed E-state index contributed by atoms with van der Waals surface area (Å²) >= 11 is 0. The third kappa shape index (κ3) is 3.05. The smallest absolute Gasteiger partial charge is 0.322 e. The Balaban J connectivity index is 2.74. The van der Waals surface area contributed by atoms with E-state index in [1.165, 1.54) is 12.1 Å². The van der Waals surface area contributed by atoms with Gasteiger partial charge in [-0.1, -0.05) is 6.07 Å². The van der Waals surface area contributed by atoms with Gasteiger partial charge in [-0.25, -0.2) is 4.39 Å². The van der Waals surface area contributed by atoms with Crippen molar-refractivity contribution in [2.45, 2.75) is 6.92 Å². The van der Waals surface area contributed by atoms with Crippen LogP contribution < -0.4 is 5.32 Å². The summed E-state index contributed by atoms with van der Waals surface area (Å²) in [6.07, 6.45) is 0. The van der Waals surface area contributed by atoms with Crippen LogP contribution in [0.5, 0.6) is 0 Å². The molecule has 1 rings (SSSR count). The fourth-order valence-electron chi connectivity index (χ4n) is 0.992. The Morgan fingerprint density at radius 1 is 1.47 bits per heavy atom. The van der Waals surface area contributed by atoms with E-state index in [9.17, 15) is 14.0 Å². The second kappa shape index (κ2) is 4.54. The molecule has 0 fully saturated rings. The molecule has 0 heterocycles. The Labute approximate surface area is 85.7 Å². The van der Waals surface area contributed by atoms with Gasteiger partial charge < -0.3 is 10.4 Å². The van der Waals surface area contributed by atoms with E-state index in [2.05, 4.69) is 5.32 Å². The normalized spacial score (nSPS) is 9.73. The summed E-state index contributed by atoms with van der Waals surface area (Å²) in [5, 5.41) is 10.5. The maximum atomic E-state index is 13.0. The highest BCUT2D eigenvalue weighted by Gasteiger charge is 2.08. The van der Waals surface area contributed by atoms with Crippen LogP contribution in [0.1, 0.15) is 15.9 Å². The van der Waals surface area contributed by atoms with Crippen LogP contribution in [0.4, 0.5) is 4.39 Å². The van der Waals surface area contributed by atoms with Crippen molar-refractivity contribution in [3.63, 3.8) is 0 Å². The van der Waals surface area contributed by atoms with Gasteiger partial charge in [0.15, 0.2) is 0 Å². The third-order valence-corrected chi connectivity index (χ3v) is 1.83. The zero-order valence-corrected chi connectivity index (χ0v) is 8.08. The Hall–Kier alpha value is -1.91. The van der Waals surface area contributed by atoms with Crippen LogP contribution >= 0.6 is 0 Å². The Kier molecular flexibility index (Phi) is 3.38. The first kappa shape index (κ1) is 11.2. The molecule has 4 nitrogen and oxygen atoms in total. The molecule has 0 atom stereocenters. The Morgan fingerprint density at radius 2 is 2.13 bits per heavy atom. The molecular weight excluding hydrogens is 200 g/mol. The van der Waals surface area contributed by atoms with Gasteiger partial charge in [0.2, 0.25) is 0 Å². The summed E-state index contributed by atoms with van der Waals surface area (Å²) < 4.78 is 13.0. The fraction of sp³-hybridized carbons (Fsp3) is 0.200. The second-order valence-corrected chi connectivity index (χ2v) is 3.04. The van der Waals surface area contributed by atoms with E-state index in [-0.39, 0.29) is 5.56 Å². The van der Waals surface area contributed by atoms with Crippen LogP contribution in [0.2, 0.25) is 0 Å². The second-order valence-electron chi connectivity index (χ2n) is 3.04. The molecule has 0 spiro atoms. The number of benzene rings is 1. The lowest BCUT2D eigenvalue weighted by atomic mass is 10.1. The number of carboxylic acid groups (broad SMARTS) is 1. The number of carbonyl (C=O) groups excluding carboxylic acids is 1. The van der Waals surface area contributed by atoms with Crippen molar-refractivity contribution in [1.29, 1.82) is 0 Å². The molecule has 1 aromatic rings. The van der Waals surface area contributed by atoms with Crippen LogP contribution in [0.25, 0.3) is 0 Å². The van der Waals surface area contributed by atoms with Crippen molar-refractivity contribution >= 4 is 11.9 Å². The molecule has 0 aliphatic heterocycles. The number of amides is 1. The number of aryl methyl sites for hydroxylation is 1. The van der Waals surface area contributed by atoms with E-state index < -0.39 is 24.2 Å². The van der Waals surface area contributed by atoms with Gasteiger partial charge in [-0.3, -0.25) is 9.59 Å². The number of nitrogens with one attached hydrogen (secondary N) is 1. The van der Waals surface area contributed by atoms with Gasteiger partial charge in [-0.2, -0.15) is 0 Å². The van der Waals surface area contributed by atoms with E-state index in [4.69, 9.17) is 5.11 Å². The maximum absolute atomic E-state index is 13.0. The largest absolute Gasteiger partial charge is 0.480 e. The molecule has 1 aromatic carbocycles. The van der Waals surface area contributed by atoms with E-state index in [0.717, 1.165) is 6.07 Å². The molecule has 0 bridgehead atoms. The average molecular weight is 210 g/mol. The molecule has 5 heteroatoms. The van der Waals surface area contributed by atoms with Gasteiger partial charge in [0.05, 0.1) is 0 Å². The molecule has 0 saturated heterocycles. The van der Waals surface area contributed by atoms with Crippen molar-refractivity contribution in [2.75, 3.05) is 6.54 Å². The third-order valence-electron chi connectivity index (χ3n) is 1.83. The van der Waals surface area contributed by atoms with Crippen molar-refractivity contribution in [1.82, 2.24) is 5.32 Å².